The van der Waals surface area contributed by atoms with Gasteiger partial charge in [0.1, 0.15) is 0 Å². The van der Waals surface area contributed by atoms with Crippen LogP contribution in [0.5, 0.6) is 0 Å². The lowest BCUT2D eigenvalue weighted by Gasteiger charge is -2.20. The molecular weight excluding hydrogens is 177 g/mol. The predicted molar refractivity (Wildman–Crippen MR) is 56.8 cm³/mol. The van der Waals surface area contributed by atoms with Gasteiger partial charge in [0.25, 0.3) is 6.92 Å². The molecule has 0 aliphatic carbocycles. The molecule has 0 bridgehead atoms. The first-order valence-corrected chi connectivity index (χ1v) is 7.23. The molecule has 3 N–H and O–H groups in total. The zero-order valence-corrected chi connectivity index (χ0v) is 9.48. The van der Waals surface area contributed by atoms with Crippen molar-refractivity contribution >= 4 is 18.3 Å². The third-order valence-corrected chi connectivity index (χ3v) is 7.65. The van der Waals surface area contributed by atoms with Crippen LogP contribution >= 0.6 is 18.3 Å². The zero-order chi connectivity index (χ0) is 8.74. The maximum absolute atomic E-state index is 3.30. The summed E-state index contributed by atoms with van der Waals surface area (Å²) in [4.78, 5) is 0. The van der Waals surface area contributed by atoms with E-state index < -0.39 is 6.92 Å². The van der Waals surface area contributed by atoms with Gasteiger partial charge < -0.3 is 0 Å². The van der Waals surface area contributed by atoms with Crippen molar-refractivity contribution in [2.75, 3.05) is 26.9 Å². The molecule has 0 fully saturated rings. The highest BCUT2D eigenvalue weighted by atomic mass is 32.7. The second kappa shape index (κ2) is 6.21. The first-order valence-electron chi connectivity index (χ1n) is 3.85. The molecule has 0 atom stereocenters. The third-order valence-electron chi connectivity index (χ3n) is 1.43. The first kappa shape index (κ1) is 11.7. The smallest absolute Gasteiger partial charge is 0.155 e. The summed E-state index contributed by atoms with van der Waals surface area (Å²) < 4.78 is 0. The van der Waals surface area contributed by atoms with Crippen molar-refractivity contribution in [1.82, 2.24) is 15.3 Å². The van der Waals surface area contributed by atoms with Crippen molar-refractivity contribution in [3.63, 3.8) is 0 Å². The van der Waals surface area contributed by atoms with E-state index in [1.807, 2.05) is 32.5 Å². The Bertz CT molecular complexity index is 89.6. The minimum Gasteiger partial charge on any atom is -0.155 e. The van der Waals surface area contributed by atoms with Gasteiger partial charge in [0.2, 0.25) is 0 Å². The summed E-state index contributed by atoms with van der Waals surface area (Å²) >= 11 is 1.95. The summed E-state index contributed by atoms with van der Waals surface area (Å²) in [5.41, 5.74) is 0. The van der Waals surface area contributed by atoms with E-state index in [9.17, 15) is 0 Å². The normalized spacial score (nSPS) is 12.0. The lowest BCUT2D eigenvalue weighted by Crippen LogP contribution is -2.29. The monoisotopic (exact) mass is 196 g/mol. The van der Waals surface area contributed by atoms with Gasteiger partial charge in [-0.3, -0.25) is 0 Å². The van der Waals surface area contributed by atoms with Crippen LogP contribution in [-0.2, 0) is 0 Å². The summed E-state index contributed by atoms with van der Waals surface area (Å²) in [5.74, 6) is 1.19. The van der Waals surface area contributed by atoms with Crippen LogP contribution in [0.4, 0.5) is 0 Å². The summed E-state index contributed by atoms with van der Waals surface area (Å²) in [6, 6.07) is 0. The Hall–Kier alpha value is 0.660. The van der Waals surface area contributed by atoms with E-state index in [0.717, 1.165) is 0 Å². The Morgan fingerprint density at radius 2 is 1.55 bits per heavy atom. The maximum atomic E-state index is 3.30. The van der Waals surface area contributed by atoms with Gasteiger partial charge >= 0.3 is 0 Å². The average molecular weight is 196 g/mol. The molecule has 5 heteroatoms. The highest BCUT2D eigenvalue weighted by molar-refractivity contribution is 8.60. The minimum absolute atomic E-state index is 1.19. The van der Waals surface area contributed by atoms with Crippen LogP contribution in [0.3, 0.4) is 0 Å². The Labute approximate surface area is 74.3 Å². The van der Waals surface area contributed by atoms with Crippen LogP contribution in [0, 0.1) is 0 Å². The quantitative estimate of drug-likeness (QED) is 0.562. The summed E-state index contributed by atoms with van der Waals surface area (Å²) in [7, 11) is 5.97. The fourth-order valence-electron chi connectivity index (χ4n) is 0.757. The molecule has 3 nitrogen and oxygen atoms in total. The lowest BCUT2D eigenvalue weighted by molar-refractivity contribution is 1.05. The van der Waals surface area contributed by atoms with Gasteiger partial charge in [0.15, 0.2) is 0 Å². The molecule has 68 valence electrons. The van der Waals surface area contributed by atoms with Crippen LogP contribution in [0.2, 0.25) is 0 Å². The van der Waals surface area contributed by atoms with Crippen molar-refractivity contribution in [2.45, 2.75) is 13.3 Å². The molecule has 0 radical (unpaired) electrons. The molecular formula is C6H19N3PS+. The molecule has 0 rings (SSSR count). The molecule has 0 saturated carbocycles. The summed E-state index contributed by atoms with van der Waals surface area (Å²) in [5, 5.41) is 9.90. The van der Waals surface area contributed by atoms with Gasteiger partial charge in [-0.05, 0) is 6.42 Å². The Kier molecular flexibility index (Phi) is 6.58. The molecule has 0 aliphatic heterocycles. The van der Waals surface area contributed by atoms with Crippen LogP contribution < -0.4 is 15.3 Å². The van der Waals surface area contributed by atoms with Crippen LogP contribution in [0.15, 0.2) is 0 Å². The molecule has 0 aromatic carbocycles. The van der Waals surface area contributed by atoms with Gasteiger partial charge in [-0.2, -0.15) is 15.3 Å². The van der Waals surface area contributed by atoms with E-state index in [4.69, 9.17) is 0 Å². The van der Waals surface area contributed by atoms with Crippen LogP contribution in [0.25, 0.3) is 0 Å². The number of hydrogen-bond acceptors (Lipinski definition) is 4. The van der Waals surface area contributed by atoms with Crippen molar-refractivity contribution < 1.29 is 0 Å². The van der Waals surface area contributed by atoms with Crippen molar-refractivity contribution in [2.24, 2.45) is 0 Å². The first-order chi connectivity index (χ1) is 5.24. The van der Waals surface area contributed by atoms with Gasteiger partial charge in [0, 0.05) is 26.9 Å². The van der Waals surface area contributed by atoms with Crippen LogP contribution in [0.1, 0.15) is 13.3 Å². The number of hydrogen-bond donors (Lipinski definition) is 3. The Morgan fingerprint density at radius 3 is 1.82 bits per heavy atom. The molecule has 0 saturated heterocycles. The largest absolute Gasteiger partial charge is 0.282 e. The summed E-state index contributed by atoms with van der Waals surface area (Å²) in [6.07, 6.45) is 1.22. The van der Waals surface area contributed by atoms with Crippen molar-refractivity contribution in [1.29, 1.82) is 0 Å². The van der Waals surface area contributed by atoms with E-state index in [-0.39, 0.29) is 0 Å². The zero-order valence-electron chi connectivity index (χ0n) is 7.77. The molecule has 0 aromatic heterocycles. The molecule has 0 unspecified atom stereocenters. The molecule has 0 aromatic rings. The molecule has 11 heavy (non-hydrogen) atoms. The number of rotatable bonds is 6. The Balaban J connectivity index is 3.84. The fourth-order valence-corrected chi connectivity index (χ4v) is 4.80. The van der Waals surface area contributed by atoms with E-state index in [1.165, 1.54) is 12.2 Å². The lowest BCUT2D eigenvalue weighted by atomic mass is 10.6. The minimum atomic E-state index is -1.29. The second-order valence-corrected chi connectivity index (χ2v) is 7.76. The molecule has 0 aliphatic rings. The fraction of sp³-hybridized carbons (Fsp3) is 1.00. The van der Waals surface area contributed by atoms with Gasteiger partial charge in [-0.1, -0.05) is 6.92 Å². The van der Waals surface area contributed by atoms with E-state index in [0.29, 0.717) is 0 Å². The van der Waals surface area contributed by atoms with Gasteiger partial charge in [0.05, 0.1) is 11.4 Å². The molecule has 0 spiro atoms. The second-order valence-electron chi connectivity index (χ2n) is 2.11. The van der Waals surface area contributed by atoms with E-state index in [1.54, 1.807) is 0 Å². The van der Waals surface area contributed by atoms with Crippen molar-refractivity contribution in [3.8, 4) is 0 Å². The molecule has 0 amide bonds. The summed E-state index contributed by atoms with van der Waals surface area (Å²) in [6.45, 7) is 0.908. The highest BCUT2D eigenvalue weighted by Gasteiger charge is 2.34. The third kappa shape index (κ3) is 3.72. The van der Waals surface area contributed by atoms with E-state index in [2.05, 4.69) is 22.2 Å². The SMILES string of the molecule is CCCS[P+](NC)(NC)NC. The maximum Gasteiger partial charge on any atom is 0.282 e. The van der Waals surface area contributed by atoms with Gasteiger partial charge in [-0.25, -0.2) is 0 Å². The van der Waals surface area contributed by atoms with Crippen LogP contribution in [-0.4, -0.2) is 26.9 Å². The van der Waals surface area contributed by atoms with Crippen molar-refractivity contribution in [3.05, 3.63) is 0 Å². The predicted octanol–water partition coefficient (Wildman–Crippen LogP) is 1.47. The van der Waals surface area contributed by atoms with Gasteiger partial charge in [-0.15, -0.1) is 0 Å². The highest BCUT2D eigenvalue weighted by Crippen LogP contribution is 2.57. The standard InChI is InChI=1S/C6H19N3PS/c1-5-6-11-10(7-2,8-3)9-4/h7-9H,5-6H2,1-4H3/q+1. The average Bonchev–Trinajstić information content (AvgIpc) is 2.08. The van der Waals surface area contributed by atoms with E-state index >= 15 is 0 Å². The Morgan fingerprint density at radius 1 is 1.09 bits per heavy atom. The topological polar surface area (TPSA) is 36.1 Å². The number of nitrogens with one attached hydrogen (secondary N) is 3. The molecule has 0 heterocycles.